The molecule has 0 bridgehead atoms. The van der Waals surface area contributed by atoms with Gasteiger partial charge in [-0.25, -0.2) is 18.1 Å². The number of sulfonamides is 1. The fraction of sp³-hybridized carbons (Fsp3) is 0.318. The van der Waals surface area contributed by atoms with E-state index >= 15 is 0 Å². The van der Waals surface area contributed by atoms with Gasteiger partial charge in [0, 0.05) is 16.3 Å². The molecule has 1 N–H and O–H groups in total. The Kier molecular flexibility index (Phi) is 7.56. The van der Waals surface area contributed by atoms with Gasteiger partial charge in [-0.1, -0.05) is 17.7 Å². The summed E-state index contributed by atoms with van der Waals surface area (Å²) in [5.74, 6) is 0.303. The number of benzene rings is 1. The number of fused-ring (bicyclic) bond motifs is 1. The zero-order valence-electron chi connectivity index (χ0n) is 18.2. The van der Waals surface area contributed by atoms with E-state index in [2.05, 4.69) is 30.7 Å². The molecule has 0 radical (unpaired) electrons. The van der Waals surface area contributed by atoms with Crippen LogP contribution in [0.2, 0.25) is 5.02 Å². The predicted molar refractivity (Wildman–Crippen MR) is 128 cm³/mol. The molecule has 0 amide bonds. The van der Waals surface area contributed by atoms with Crippen molar-refractivity contribution in [2.75, 3.05) is 6.61 Å². The molecule has 1 aromatic carbocycles. The van der Waals surface area contributed by atoms with Crippen LogP contribution in [0.25, 0.3) is 0 Å². The quantitative estimate of drug-likeness (QED) is 0.400. The standard InChI is InChI=1S/C22H22BrClN4O5S/c1-2-32-21(29)13-28-20-8-4-7-19(17(20)12-26-28)27-34(30,31)16-10-18(23)22(25-11-16)33-15-6-3-5-14(24)9-15/h3,5-6,9-12,19,27H,2,4,7-8,13H2,1H3. The summed E-state index contributed by atoms with van der Waals surface area (Å²) in [6.07, 6.45) is 4.92. The minimum Gasteiger partial charge on any atom is -0.465 e. The molecule has 4 rings (SSSR count). The minimum atomic E-state index is -3.89. The topological polar surface area (TPSA) is 112 Å². The van der Waals surface area contributed by atoms with Gasteiger partial charge in [0.25, 0.3) is 0 Å². The molecule has 1 aliphatic carbocycles. The van der Waals surface area contributed by atoms with Crippen LogP contribution in [-0.2, 0) is 32.5 Å². The first-order chi connectivity index (χ1) is 16.3. The smallest absolute Gasteiger partial charge is 0.327 e. The van der Waals surface area contributed by atoms with Crippen LogP contribution in [-0.4, -0.2) is 35.8 Å². The lowest BCUT2D eigenvalue weighted by Crippen LogP contribution is -2.31. The molecular weight excluding hydrogens is 548 g/mol. The largest absolute Gasteiger partial charge is 0.465 e. The summed E-state index contributed by atoms with van der Waals surface area (Å²) in [5, 5.41) is 4.79. The number of ether oxygens (including phenoxy) is 2. The Bertz CT molecular complexity index is 1310. The Balaban J connectivity index is 1.51. The molecule has 1 atom stereocenters. The molecule has 0 saturated heterocycles. The highest BCUT2D eigenvalue weighted by Crippen LogP contribution is 2.33. The van der Waals surface area contributed by atoms with Gasteiger partial charge in [0.1, 0.15) is 17.2 Å². The van der Waals surface area contributed by atoms with E-state index in [-0.39, 0.29) is 29.9 Å². The molecule has 9 nitrogen and oxygen atoms in total. The molecule has 180 valence electrons. The number of nitrogens with zero attached hydrogens (tertiary/aromatic N) is 3. The number of carbonyl (C=O) groups excluding carboxylic acids is 1. The molecule has 1 unspecified atom stereocenters. The third kappa shape index (κ3) is 5.60. The fourth-order valence-corrected chi connectivity index (χ4v) is 5.72. The number of hydrogen-bond donors (Lipinski definition) is 1. The van der Waals surface area contributed by atoms with Crippen LogP contribution in [0.3, 0.4) is 0 Å². The SMILES string of the molecule is CCOC(=O)Cn1ncc2c1CCCC2NS(=O)(=O)c1cnc(Oc2cccc(Cl)c2)c(Br)c1. The maximum atomic E-state index is 13.1. The van der Waals surface area contributed by atoms with Gasteiger partial charge >= 0.3 is 5.97 Å². The van der Waals surface area contributed by atoms with Crippen LogP contribution in [0.4, 0.5) is 0 Å². The van der Waals surface area contributed by atoms with Crippen LogP contribution >= 0.6 is 27.5 Å². The molecule has 0 spiro atoms. The van der Waals surface area contributed by atoms with E-state index < -0.39 is 16.1 Å². The molecule has 2 aromatic heterocycles. The number of carbonyl (C=O) groups is 1. The second kappa shape index (κ2) is 10.4. The summed E-state index contributed by atoms with van der Waals surface area (Å²) in [7, 11) is -3.89. The Morgan fingerprint density at radius 2 is 2.15 bits per heavy atom. The summed E-state index contributed by atoms with van der Waals surface area (Å²) in [5.41, 5.74) is 1.59. The van der Waals surface area contributed by atoms with Crippen LogP contribution in [0, 0.1) is 0 Å². The summed E-state index contributed by atoms with van der Waals surface area (Å²) in [4.78, 5) is 16.0. The van der Waals surface area contributed by atoms with Gasteiger partial charge in [-0.15, -0.1) is 0 Å². The molecular formula is C22H22BrClN4O5S. The lowest BCUT2D eigenvalue weighted by molar-refractivity contribution is -0.144. The van der Waals surface area contributed by atoms with Crippen molar-refractivity contribution in [3.8, 4) is 11.6 Å². The van der Waals surface area contributed by atoms with E-state index in [1.54, 1.807) is 42.1 Å². The van der Waals surface area contributed by atoms with Gasteiger partial charge in [0.05, 0.1) is 29.5 Å². The molecule has 3 aromatic rings. The second-order valence-electron chi connectivity index (χ2n) is 7.59. The highest BCUT2D eigenvalue weighted by atomic mass is 79.9. The first-order valence-corrected chi connectivity index (χ1v) is 13.2. The monoisotopic (exact) mass is 568 g/mol. The van der Waals surface area contributed by atoms with Gasteiger partial charge < -0.3 is 9.47 Å². The number of nitrogens with one attached hydrogen (secondary N) is 1. The highest BCUT2D eigenvalue weighted by molar-refractivity contribution is 9.10. The first-order valence-electron chi connectivity index (χ1n) is 10.6. The number of hydrogen-bond acceptors (Lipinski definition) is 7. The van der Waals surface area contributed by atoms with E-state index in [0.717, 1.165) is 17.7 Å². The molecule has 0 saturated carbocycles. The number of esters is 1. The molecule has 0 aliphatic heterocycles. The molecule has 34 heavy (non-hydrogen) atoms. The van der Waals surface area contributed by atoms with Crippen LogP contribution in [0.1, 0.15) is 37.1 Å². The van der Waals surface area contributed by atoms with Gasteiger partial charge in [-0.05, 0) is 66.4 Å². The molecule has 2 heterocycles. The molecule has 1 aliphatic rings. The van der Waals surface area contributed by atoms with Gasteiger partial charge in [-0.2, -0.15) is 5.10 Å². The fourth-order valence-electron chi connectivity index (χ4n) is 3.73. The molecule has 0 fully saturated rings. The van der Waals surface area contributed by atoms with Gasteiger partial charge in [0.15, 0.2) is 0 Å². The van der Waals surface area contributed by atoms with E-state index in [1.807, 2.05) is 0 Å². The summed E-state index contributed by atoms with van der Waals surface area (Å²) < 4.78 is 41.6. The van der Waals surface area contributed by atoms with Crippen molar-refractivity contribution in [3.63, 3.8) is 0 Å². The Morgan fingerprint density at radius 3 is 2.88 bits per heavy atom. The zero-order valence-corrected chi connectivity index (χ0v) is 21.4. The highest BCUT2D eigenvalue weighted by Gasteiger charge is 2.29. The number of rotatable bonds is 8. The summed E-state index contributed by atoms with van der Waals surface area (Å²) in [6, 6.07) is 7.77. The van der Waals surface area contributed by atoms with Crippen molar-refractivity contribution in [1.82, 2.24) is 19.5 Å². The van der Waals surface area contributed by atoms with Crippen molar-refractivity contribution >= 4 is 43.5 Å². The van der Waals surface area contributed by atoms with E-state index in [9.17, 15) is 13.2 Å². The number of pyridine rings is 1. The lowest BCUT2D eigenvalue weighted by atomic mass is 9.94. The maximum absolute atomic E-state index is 13.1. The van der Waals surface area contributed by atoms with E-state index in [4.69, 9.17) is 21.1 Å². The van der Waals surface area contributed by atoms with Crippen molar-refractivity contribution in [3.05, 3.63) is 63.5 Å². The third-order valence-electron chi connectivity index (χ3n) is 5.25. The average Bonchev–Trinajstić information content (AvgIpc) is 3.19. The number of halogens is 2. The van der Waals surface area contributed by atoms with Gasteiger partial charge in [-0.3, -0.25) is 9.48 Å². The Labute approximate surface area is 210 Å². The van der Waals surface area contributed by atoms with E-state index in [1.165, 1.54) is 12.3 Å². The third-order valence-corrected chi connectivity index (χ3v) is 7.49. The minimum absolute atomic E-state index is 0.00635. The Morgan fingerprint density at radius 1 is 1.32 bits per heavy atom. The van der Waals surface area contributed by atoms with E-state index in [0.29, 0.717) is 28.1 Å². The summed E-state index contributed by atoms with van der Waals surface area (Å²) >= 11 is 9.31. The van der Waals surface area contributed by atoms with Crippen molar-refractivity contribution in [2.24, 2.45) is 0 Å². The lowest BCUT2D eigenvalue weighted by Gasteiger charge is -2.24. The predicted octanol–water partition coefficient (Wildman–Crippen LogP) is 4.41. The van der Waals surface area contributed by atoms with Gasteiger partial charge in [0.2, 0.25) is 15.9 Å². The zero-order chi connectivity index (χ0) is 24.3. The van der Waals surface area contributed by atoms with Crippen molar-refractivity contribution in [1.29, 1.82) is 0 Å². The average molecular weight is 570 g/mol. The molecule has 12 heteroatoms. The number of aromatic nitrogens is 3. The van der Waals surface area contributed by atoms with Crippen LogP contribution < -0.4 is 9.46 Å². The van der Waals surface area contributed by atoms with Crippen LogP contribution in [0.5, 0.6) is 11.6 Å². The normalized spacial score (nSPS) is 15.6. The van der Waals surface area contributed by atoms with Crippen molar-refractivity contribution < 1.29 is 22.7 Å². The second-order valence-corrected chi connectivity index (χ2v) is 10.6. The Hall–Kier alpha value is -2.47. The van der Waals surface area contributed by atoms with Crippen molar-refractivity contribution in [2.45, 2.75) is 43.7 Å². The summed E-state index contributed by atoms with van der Waals surface area (Å²) in [6.45, 7) is 2.02. The first kappa shape index (κ1) is 24.6. The maximum Gasteiger partial charge on any atom is 0.327 e. The van der Waals surface area contributed by atoms with Crippen LogP contribution in [0.15, 0.2) is 52.1 Å².